The maximum Gasteiger partial charge on any atom is 0.308 e. The van der Waals surface area contributed by atoms with Crippen molar-refractivity contribution in [3.8, 4) is 5.75 Å². The van der Waals surface area contributed by atoms with Gasteiger partial charge in [-0.1, -0.05) is 30.3 Å². The van der Waals surface area contributed by atoms with E-state index in [1.807, 2.05) is 56.4 Å². The van der Waals surface area contributed by atoms with E-state index >= 15 is 0 Å². The summed E-state index contributed by atoms with van der Waals surface area (Å²) < 4.78 is 5.13. The van der Waals surface area contributed by atoms with E-state index < -0.39 is 35.3 Å². The van der Waals surface area contributed by atoms with E-state index in [1.54, 1.807) is 24.3 Å². The summed E-state index contributed by atoms with van der Waals surface area (Å²) in [5.74, 6) is -3.00. The van der Waals surface area contributed by atoms with Gasteiger partial charge in [0, 0.05) is 41.3 Å². The molecule has 0 aliphatic carbocycles. The van der Waals surface area contributed by atoms with Gasteiger partial charge < -0.3 is 15.0 Å². The average molecular weight is 549 g/mol. The van der Waals surface area contributed by atoms with Crippen LogP contribution in [0.15, 0.2) is 66.9 Å². The molecule has 4 unspecified atom stereocenters. The molecule has 3 aliphatic heterocycles. The number of carbonyl (C=O) groups excluding carboxylic acids is 4. The highest BCUT2D eigenvalue weighted by Crippen LogP contribution is 2.54. The predicted octanol–water partition coefficient (Wildman–Crippen LogP) is 3.88. The number of aromatic amines is 1. The number of H-pyrrole nitrogens is 1. The zero-order valence-electron chi connectivity index (χ0n) is 22.8. The molecule has 3 aromatic carbocycles. The third-order valence-corrected chi connectivity index (χ3v) is 8.89. The molecule has 4 heterocycles. The van der Waals surface area contributed by atoms with Crippen molar-refractivity contribution in [3.05, 3.63) is 89.1 Å². The van der Waals surface area contributed by atoms with Gasteiger partial charge in [-0.25, -0.2) is 4.90 Å². The summed E-state index contributed by atoms with van der Waals surface area (Å²) in [7, 11) is 0. The quantitative estimate of drug-likeness (QED) is 0.202. The fraction of sp³-hybridized carbons (Fsp3) is 0.250. The Balaban J connectivity index is 1.35. The fourth-order valence-corrected chi connectivity index (χ4v) is 6.92. The van der Waals surface area contributed by atoms with E-state index in [1.165, 1.54) is 11.8 Å². The Hall–Kier alpha value is -4.76. The van der Waals surface area contributed by atoms with E-state index in [4.69, 9.17) is 4.74 Å². The Kier molecular flexibility index (Phi) is 5.46. The van der Waals surface area contributed by atoms with Crippen LogP contribution < -0.4 is 20.3 Å². The highest BCUT2D eigenvalue weighted by molar-refractivity contribution is 6.26. The number of aromatic nitrogens is 1. The number of fused-ring (bicyclic) bond motifs is 5. The lowest BCUT2D eigenvalue weighted by Crippen LogP contribution is -2.53. The number of imide groups is 1. The first kappa shape index (κ1) is 25.2. The van der Waals surface area contributed by atoms with Crippen molar-refractivity contribution < 1.29 is 23.9 Å². The lowest BCUT2D eigenvalue weighted by atomic mass is 9.75. The summed E-state index contributed by atoms with van der Waals surface area (Å²) in [6.07, 6.45) is 2.37. The minimum Gasteiger partial charge on any atom is -0.427 e. The number of para-hydroxylation sites is 1. The molecular formula is C32H28N4O5. The molecule has 2 saturated heterocycles. The monoisotopic (exact) mass is 548 g/mol. The van der Waals surface area contributed by atoms with Crippen molar-refractivity contribution in [1.82, 2.24) is 10.3 Å². The smallest absolute Gasteiger partial charge is 0.308 e. The molecule has 7 rings (SSSR count). The van der Waals surface area contributed by atoms with Crippen LogP contribution in [-0.2, 0) is 31.1 Å². The first-order valence-corrected chi connectivity index (χ1v) is 13.6. The number of benzene rings is 3. The number of rotatable bonds is 4. The second kappa shape index (κ2) is 8.87. The van der Waals surface area contributed by atoms with Crippen LogP contribution in [0, 0.1) is 25.7 Å². The molecule has 0 radical (unpaired) electrons. The number of nitrogens with one attached hydrogen (secondary N) is 3. The van der Waals surface area contributed by atoms with Crippen LogP contribution in [0.2, 0.25) is 0 Å². The maximum absolute atomic E-state index is 14.3. The minimum absolute atomic E-state index is 0.311. The zero-order chi connectivity index (χ0) is 28.6. The number of aryl methyl sites for hydroxylation is 1. The average Bonchev–Trinajstić information content (AvgIpc) is 3.66. The Morgan fingerprint density at radius 2 is 1.73 bits per heavy atom. The van der Waals surface area contributed by atoms with E-state index in [0.29, 0.717) is 29.1 Å². The highest BCUT2D eigenvalue weighted by Gasteiger charge is 2.70. The van der Waals surface area contributed by atoms with Gasteiger partial charge in [-0.05, 0) is 67.3 Å². The first-order valence-electron chi connectivity index (χ1n) is 13.6. The maximum atomic E-state index is 14.3. The summed E-state index contributed by atoms with van der Waals surface area (Å²) in [5, 5.41) is 7.61. The second-order valence-electron chi connectivity index (χ2n) is 11.1. The number of ether oxygens (including phenoxy) is 1. The lowest BCUT2D eigenvalue weighted by molar-refractivity contribution is -0.132. The van der Waals surface area contributed by atoms with E-state index in [9.17, 15) is 19.2 Å². The van der Waals surface area contributed by atoms with Crippen LogP contribution in [0.1, 0.15) is 29.2 Å². The Morgan fingerprint density at radius 1 is 0.976 bits per heavy atom. The molecule has 1 spiro atoms. The van der Waals surface area contributed by atoms with Gasteiger partial charge in [0.2, 0.25) is 17.7 Å². The summed E-state index contributed by atoms with van der Waals surface area (Å²) in [5.41, 5.74) is 4.28. The fourth-order valence-electron chi connectivity index (χ4n) is 6.92. The van der Waals surface area contributed by atoms with Gasteiger partial charge in [-0.2, -0.15) is 0 Å². The molecule has 2 fully saturated rings. The van der Waals surface area contributed by atoms with Gasteiger partial charge in [0.25, 0.3) is 0 Å². The lowest BCUT2D eigenvalue weighted by Gasteiger charge is -2.29. The molecule has 3 N–H and O–H groups in total. The van der Waals surface area contributed by atoms with Crippen molar-refractivity contribution in [2.24, 2.45) is 11.8 Å². The Morgan fingerprint density at radius 3 is 2.49 bits per heavy atom. The molecule has 3 aliphatic rings. The number of anilines is 2. The third-order valence-electron chi connectivity index (χ3n) is 8.89. The second-order valence-corrected chi connectivity index (χ2v) is 11.1. The minimum atomic E-state index is -1.39. The van der Waals surface area contributed by atoms with Crippen molar-refractivity contribution in [3.63, 3.8) is 0 Å². The number of hydrogen-bond acceptors (Lipinski definition) is 6. The number of amides is 3. The van der Waals surface area contributed by atoms with Crippen molar-refractivity contribution in [1.29, 1.82) is 0 Å². The number of esters is 1. The van der Waals surface area contributed by atoms with Crippen LogP contribution in [0.4, 0.5) is 11.4 Å². The molecular weight excluding hydrogens is 520 g/mol. The van der Waals surface area contributed by atoms with E-state index in [2.05, 4.69) is 15.6 Å². The first-order chi connectivity index (χ1) is 19.7. The topological polar surface area (TPSA) is 121 Å². The van der Waals surface area contributed by atoms with Crippen molar-refractivity contribution in [2.75, 3.05) is 10.2 Å². The molecule has 0 saturated carbocycles. The summed E-state index contributed by atoms with van der Waals surface area (Å²) in [6, 6.07) is 17.5. The summed E-state index contributed by atoms with van der Waals surface area (Å²) in [6.45, 7) is 5.22. The van der Waals surface area contributed by atoms with Crippen LogP contribution in [-0.4, -0.2) is 34.7 Å². The normalized spacial score (nSPS) is 24.7. The van der Waals surface area contributed by atoms with Crippen LogP contribution in [0.5, 0.6) is 5.75 Å². The molecule has 41 heavy (non-hydrogen) atoms. The number of nitrogens with zero attached hydrogens (tertiary/aromatic N) is 1. The largest absolute Gasteiger partial charge is 0.427 e. The molecule has 9 heteroatoms. The Bertz CT molecular complexity index is 1790. The SMILES string of the molecule is CC(=O)Oc1ccc(N2C(=O)C3C(Cc4c[nH]c5ccccc45)NC4(C(=O)Nc5c4ccc(C)c5C)C3C2=O)cc1. The number of hydrogen-bond donors (Lipinski definition) is 3. The Labute approximate surface area is 235 Å². The van der Waals surface area contributed by atoms with Gasteiger partial charge >= 0.3 is 5.97 Å². The van der Waals surface area contributed by atoms with Crippen molar-refractivity contribution in [2.45, 2.75) is 38.8 Å². The predicted molar refractivity (Wildman–Crippen MR) is 152 cm³/mol. The zero-order valence-corrected chi connectivity index (χ0v) is 22.8. The van der Waals surface area contributed by atoms with E-state index in [-0.39, 0.29) is 11.8 Å². The van der Waals surface area contributed by atoms with Gasteiger partial charge in [0.15, 0.2) is 0 Å². The van der Waals surface area contributed by atoms with Crippen molar-refractivity contribution >= 4 is 46.0 Å². The molecule has 9 nitrogen and oxygen atoms in total. The summed E-state index contributed by atoms with van der Waals surface area (Å²) >= 11 is 0. The van der Waals surface area contributed by atoms with E-state index in [0.717, 1.165) is 27.6 Å². The van der Waals surface area contributed by atoms with Gasteiger partial charge in [-0.3, -0.25) is 24.5 Å². The molecule has 0 bridgehead atoms. The van der Waals surface area contributed by atoms with Gasteiger partial charge in [0.1, 0.15) is 11.3 Å². The van der Waals surface area contributed by atoms with Crippen LogP contribution in [0.3, 0.4) is 0 Å². The molecule has 4 atom stereocenters. The summed E-state index contributed by atoms with van der Waals surface area (Å²) in [4.78, 5) is 58.3. The molecule has 4 aromatic rings. The molecule has 206 valence electrons. The molecule has 1 aromatic heterocycles. The molecule has 3 amide bonds. The number of carbonyl (C=O) groups is 4. The highest BCUT2D eigenvalue weighted by atomic mass is 16.5. The van der Waals surface area contributed by atoms with Crippen LogP contribution in [0.25, 0.3) is 10.9 Å². The standard InChI is InChI=1S/C32H28N4O5/c1-16-8-13-23-28(17(16)2)34-31(40)32(23)27-26(25(35-32)14-19-15-33-24-7-5-4-6-22(19)24)29(38)36(30(27)39)20-9-11-21(12-10-20)41-18(3)37/h4-13,15,25-27,33,35H,14H2,1-3H3,(H,34,40). The third kappa shape index (κ3) is 3.52. The van der Waals surface area contributed by atoms with Crippen LogP contribution >= 0.6 is 0 Å². The van der Waals surface area contributed by atoms with Gasteiger partial charge in [0.05, 0.1) is 17.5 Å². The van der Waals surface area contributed by atoms with Gasteiger partial charge in [-0.15, -0.1) is 0 Å².